The molecule has 0 aliphatic carbocycles. The van der Waals surface area contributed by atoms with Gasteiger partial charge in [-0.3, -0.25) is 0 Å². The lowest BCUT2D eigenvalue weighted by Gasteiger charge is -2.16. The standard InChI is InChI=1S/C11H17N3O2S.C8H6N2O2/c12-7-9-1-3-11(4-2-9)17(15,16)14-6-5-10(13)8-14;11-8(12)6-1-2-7-9-3-4-10(7)5-6/h1-4,10H,5-8,12-13H2;1-5H,(H,11,12). The zero-order chi connectivity index (χ0) is 21.0. The molecule has 1 unspecified atom stereocenters. The summed E-state index contributed by atoms with van der Waals surface area (Å²) in [5.41, 5.74) is 13.1. The van der Waals surface area contributed by atoms with E-state index in [1.807, 2.05) is 0 Å². The molecule has 9 nitrogen and oxygen atoms in total. The largest absolute Gasteiger partial charge is 0.478 e. The van der Waals surface area contributed by atoms with Gasteiger partial charge in [0.15, 0.2) is 0 Å². The maximum atomic E-state index is 12.2. The van der Waals surface area contributed by atoms with Crippen molar-refractivity contribution in [2.45, 2.75) is 23.9 Å². The number of carboxylic acids is 1. The number of sulfonamides is 1. The number of carbonyl (C=O) groups is 1. The van der Waals surface area contributed by atoms with Crippen molar-refractivity contribution in [1.29, 1.82) is 0 Å². The van der Waals surface area contributed by atoms with E-state index in [0.29, 0.717) is 24.5 Å². The summed E-state index contributed by atoms with van der Waals surface area (Å²) in [4.78, 5) is 14.8. The Labute approximate surface area is 168 Å². The van der Waals surface area contributed by atoms with Crippen LogP contribution in [0.15, 0.2) is 59.9 Å². The fourth-order valence-electron chi connectivity index (χ4n) is 2.97. The van der Waals surface area contributed by atoms with Crippen molar-refractivity contribution in [1.82, 2.24) is 13.7 Å². The zero-order valence-corrected chi connectivity index (χ0v) is 16.5. The summed E-state index contributed by atoms with van der Waals surface area (Å²) in [5, 5.41) is 8.65. The number of hydrogen-bond donors (Lipinski definition) is 3. The predicted octanol–water partition coefficient (Wildman–Crippen LogP) is 0.900. The minimum Gasteiger partial charge on any atom is -0.478 e. The van der Waals surface area contributed by atoms with Gasteiger partial charge in [-0.2, -0.15) is 4.31 Å². The van der Waals surface area contributed by atoms with Gasteiger partial charge in [-0.15, -0.1) is 0 Å². The average molecular weight is 417 g/mol. The summed E-state index contributed by atoms with van der Waals surface area (Å²) in [6.45, 7) is 1.32. The first kappa shape index (κ1) is 20.9. The number of rotatable bonds is 4. The molecule has 29 heavy (non-hydrogen) atoms. The first-order valence-electron chi connectivity index (χ1n) is 9.02. The van der Waals surface area contributed by atoms with Crippen LogP contribution in [-0.4, -0.2) is 52.3 Å². The summed E-state index contributed by atoms with van der Waals surface area (Å²) >= 11 is 0. The number of nitrogens with zero attached hydrogens (tertiary/aromatic N) is 3. The van der Waals surface area contributed by atoms with Crippen molar-refractivity contribution in [3.63, 3.8) is 0 Å². The van der Waals surface area contributed by atoms with Crippen molar-refractivity contribution in [3.05, 3.63) is 66.1 Å². The van der Waals surface area contributed by atoms with Gasteiger partial charge in [0.25, 0.3) is 0 Å². The first-order chi connectivity index (χ1) is 13.8. The third-order valence-corrected chi connectivity index (χ3v) is 6.50. The number of aromatic carboxylic acids is 1. The van der Waals surface area contributed by atoms with Crippen molar-refractivity contribution in [2.24, 2.45) is 11.5 Å². The maximum Gasteiger partial charge on any atom is 0.337 e. The summed E-state index contributed by atoms with van der Waals surface area (Å²) in [5.74, 6) is -0.925. The molecule has 1 aliphatic heterocycles. The van der Waals surface area contributed by atoms with Gasteiger partial charge in [0, 0.05) is 44.3 Å². The molecular formula is C19H23N5O4S. The van der Waals surface area contributed by atoms with E-state index in [-0.39, 0.29) is 11.6 Å². The Morgan fingerprint density at radius 2 is 1.93 bits per heavy atom. The maximum absolute atomic E-state index is 12.2. The molecule has 154 valence electrons. The summed E-state index contributed by atoms with van der Waals surface area (Å²) in [7, 11) is -3.38. The van der Waals surface area contributed by atoms with Crippen LogP contribution in [0.4, 0.5) is 0 Å². The molecular weight excluding hydrogens is 394 g/mol. The van der Waals surface area contributed by atoms with Gasteiger partial charge in [0.1, 0.15) is 5.65 Å². The van der Waals surface area contributed by atoms with E-state index in [0.717, 1.165) is 17.6 Å². The zero-order valence-electron chi connectivity index (χ0n) is 15.7. The molecule has 1 aliphatic rings. The smallest absolute Gasteiger partial charge is 0.337 e. The van der Waals surface area contributed by atoms with Crippen LogP contribution in [0.3, 0.4) is 0 Å². The van der Waals surface area contributed by atoms with Crippen LogP contribution in [-0.2, 0) is 16.6 Å². The molecule has 3 heterocycles. The molecule has 1 fully saturated rings. The highest BCUT2D eigenvalue weighted by atomic mass is 32.2. The highest BCUT2D eigenvalue weighted by Gasteiger charge is 2.30. The highest BCUT2D eigenvalue weighted by Crippen LogP contribution is 2.20. The van der Waals surface area contributed by atoms with E-state index < -0.39 is 16.0 Å². The minimum absolute atomic E-state index is 0.0481. The van der Waals surface area contributed by atoms with Crippen LogP contribution < -0.4 is 11.5 Å². The van der Waals surface area contributed by atoms with Gasteiger partial charge in [0.05, 0.1) is 10.5 Å². The van der Waals surface area contributed by atoms with E-state index in [2.05, 4.69) is 4.98 Å². The molecule has 1 atom stereocenters. The second-order valence-electron chi connectivity index (χ2n) is 6.68. The Bertz CT molecular complexity index is 1100. The Kier molecular flexibility index (Phi) is 6.28. The number of fused-ring (bicyclic) bond motifs is 1. The number of hydrogen-bond acceptors (Lipinski definition) is 6. The summed E-state index contributed by atoms with van der Waals surface area (Å²) in [6.07, 6.45) is 5.59. The van der Waals surface area contributed by atoms with E-state index in [1.165, 1.54) is 16.6 Å². The van der Waals surface area contributed by atoms with Crippen molar-refractivity contribution in [2.75, 3.05) is 13.1 Å². The third kappa shape index (κ3) is 4.80. The lowest BCUT2D eigenvalue weighted by Crippen LogP contribution is -2.31. The highest BCUT2D eigenvalue weighted by molar-refractivity contribution is 7.89. The average Bonchev–Trinajstić information content (AvgIpc) is 3.37. The van der Waals surface area contributed by atoms with E-state index >= 15 is 0 Å². The number of aromatic nitrogens is 2. The number of carboxylic acid groups (broad SMARTS) is 1. The van der Waals surface area contributed by atoms with Gasteiger partial charge < -0.3 is 21.0 Å². The molecule has 4 rings (SSSR count). The fourth-order valence-corrected chi connectivity index (χ4v) is 4.48. The lowest BCUT2D eigenvalue weighted by atomic mass is 10.2. The van der Waals surface area contributed by atoms with Crippen molar-refractivity contribution < 1.29 is 18.3 Å². The molecule has 5 N–H and O–H groups in total. The molecule has 1 saturated heterocycles. The van der Waals surface area contributed by atoms with Crippen molar-refractivity contribution in [3.8, 4) is 0 Å². The Hall–Kier alpha value is -2.79. The van der Waals surface area contributed by atoms with Gasteiger partial charge in [-0.25, -0.2) is 18.2 Å². The second kappa shape index (κ2) is 8.70. The second-order valence-corrected chi connectivity index (χ2v) is 8.61. The van der Waals surface area contributed by atoms with E-state index in [4.69, 9.17) is 16.6 Å². The number of nitrogens with two attached hydrogens (primary N) is 2. The Morgan fingerprint density at radius 3 is 2.52 bits per heavy atom. The van der Waals surface area contributed by atoms with Gasteiger partial charge in [-0.05, 0) is 36.2 Å². The predicted molar refractivity (Wildman–Crippen MR) is 108 cm³/mol. The molecule has 3 aromatic rings. The van der Waals surface area contributed by atoms with Crippen LogP contribution in [0.25, 0.3) is 5.65 Å². The van der Waals surface area contributed by atoms with Gasteiger partial charge in [-0.1, -0.05) is 12.1 Å². The van der Waals surface area contributed by atoms with E-state index in [1.54, 1.807) is 47.1 Å². The molecule has 0 spiro atoms. The molecule has 1 aromatic carbocycles. The van der Waals surface area contributed by atoms with Gasteiger partial charge in [0.2, 0.25) is 10.0 Å². The topological polar surface area (TPSA) is 144 Å². The first-order valence-corrected chi connectivity index (χ1v) is 10.5. The molecule has 0 radical (unpaired) electrons. The minimum atomic E-state index is -3.38. The van der Waals surface area contributed by atoms with Crippen LogP contribution in [0.5, 0.6) is 0 Å². The van der Waals surface area contributed by atoms with E-state index in [9.17, 15) is 13.2 Å². The molecule has 0 amide bonds. The van der Waals surface area contributed by atoms with Crippen LogP contribution in [0, 0.1) is 0 Å². The van der Waals surface area contributed by atoms with Gasteiger partial charge >= 0.3 is 5.97 Å². The monoisotopic (exact) mass is 417 g/mol. The third-order valence-electron chi connectivity index (χ3n) is 4.62. The molecule has 2 aromatic heterocycles. The van der Waals surface area contributed by atoms with Crippen LogP contribution >= 0.6 is 0 Å². The summed E-state index contributed by atoms with van der Waals surface area (Å²) < 4.78 is 27.5. The van der Waals surface area contributed by atoms with Crippen LogP contribution in [0.2, 0.25) is 0 Å². The fraction of sp³-hybridized carbons (Fsp3) is 0.263. The number of pyridine rings is 1. The lowest BCUT2D eigenvalue weighted by molar-refractivity contribution is 0.0696. The molecule has 10 heteroatoms. The molecule has 0 bridgehead atoms. The normalized spacial score (nSPS) is 17.1. The number of benzene rings is 1. The Balaban J connectivity index is 0.000000176. The quantitative estimate of drug-likeness (QED) is 0.572. The Morgan fingerprint density at radius 1 is 1.21 bits per heavy atom. The molecule has 0 saturated carbocycles. The van der Waals surface area contributed by atoms with Crippen LogP contribution in [0.1, 0.15) is 22.3 Å². The van der Waals surface area contributed by atoms with Crippen molar-refractivity contribution >= 4 is 21.6 Å². The number of imidazole rings is 1. The SMILES string of the molecule is NCc1ccc(S(=O)(=O)N2CCC(N)C2)cc1.O=C(O)c1ccc2nccn2c1. The summed E-state index contributed by atoms with van der Waals surface area (Å²) in [6, 6.07) is 9.83.